The molecule has 2 N–H and O–H groups in total. The van der Waals surface area contributed by atoms with E-state index in [-0.39, 0.29) is 29.9 Å². The van der Waals surface area contributed by atoms with Crippen LogP contribution in [0.1, 0.15) is 60.8 Å². The molecule has 2 aliphatic rings. The molecule has 1 aromatic carbocycles. The fraction of sp³-hybridized carbons (Fsp3) is 0.522. The number of benzene rings is 1. The molecule has 3 heterocycles. The van der Waals surface area contributed by atoms with Gasteiger partial charge in [-0.05, 0) is 36.0 Å². The molecule has 0 saturated carbocycles. The number of rotatable bonds is 6. The highest BCUT2D eigenvalue weighted by molar-refractivity contribution is 7.98. The predicted octanol–water partition coefficient (Wildman–Crippen LogP) is 3.47. The third-order valence-electron chi connectivity index (χ3n) is 5.71. The van der Waals surface area contributed by atoms with Crippen LogP contribution >= 0.6 is 11.8 Å². The lowest BCUT2D eigenvalue weighted by Gasteiger charge is -2.19. The highest BCUT2D eigenvalue weighted by Crippen LogP contribution is 2.35. The standard InChI is InChI=1S/C23H30N4O3S/c1-23(2,3)16-8-6-15(7-9-16)22(29)25-21-18-13-31-14-19(18)26-27(21)12-20(28)24-11-17-5-4-10-30-17/h6-9,17H,4-5,10-14H2,1-3H3,(H,24,28)(H,25,29)/t17-/m0/s1. The Labute approximate surface area is 187 Å². The minimum Gasteiger partial charge on any atom is -0.376 e. The fourth-order valence-corrected chi connectivity index (χ4v) is 4.88. The number of thioether (sulfide) groups is 1. The second kappa shape index (κ2) is 9.04. The van der Waals surface area contributed by atoms with Crippen molar-refractivity contribution in [1.82, 2.24) is 15.1 Å². The minimum atomic E-state index is -0.193. The van der Waals surface area contributed by atoms with Gasteiger partial charge in [0.15, 0.2) is 0 Å². The molecular weight excluding hydrogens is 412 g/mol. The Morgan fingerprint density at radius 1 is 1.23 bits per heavy atom. The number of aromatic nitrogens is 2. The summed E-state index contributed by atoms with van der Waals surface area (Å²) in [7, 11) is 0. The van der Waals surface area contributed by atoms with Crippen molar-refractivity contribution in [3.05, 3.63) is 46.6 Å². The molecule has 8 heteroatoms. The summed E-state index contributed by atoms with van der Waals surface area (Å²) >= 11 is 1.76. The minimum absolute atomic E-state index is 0.0303. The van der Waals surface area contributed by atoms with Gasteiger partial charge in [-0.15, -0.1) is 0 Å². The van der Waals surface area contributed by atoms with Crippen LogP contribution in [0.25, 0.3) is 0 Å². The van der Waals surface area contributed by atoms with E-state index in [1.165, 1.54) is 5.56 Å². The van der Waals surface area contributed by atoms with E-state index < -0.39 is 0 Å². The Morgan fingerprint density at radius 2 is 2.00 bits per heavy atom. The van der Waals surface area contributed by atoms with Gasteiger partial charge >= 0.3 is 0 Å². The Kier molecular flexibility index (Phi) is 6.39. The summed E-state index contributed by atoms with van der Waals surface area (Å²) < 4.78 is 7.18. The van der Waals surface area contributed by atoms with E-state index in [4.69, 9.17) is 4.74 Å². The molecule has 1 fully saturated rings. The molecule has 4 rings (SSSR count). The summed E-state index contributed by atoms with van der Waals surface area (Å²) in [5.41, 5.74) is 3.74. The van der Waals surface area contributed by atoms with Crippen LogP contribution in [0.2, 0.25) is 0 Å². The molecule has 166 valence electrons. The lowest BCUT2D eigenvalue weighted by molar-refractivity contribution is -0.122. The van der Waals surface area contributed by atoms with Crippen molar-refractivity contribution in [3.63, 3.8) is 0 Å². The number of fused-ring (bicyclic) bond motifs is 1. The molecule has 0 aliphatic carbocycles. The van der Waals surface area contributed by atoms with Gasteiger partial charge in [0.25, 0.3) is 5.91 Å². The summed E-state index contributed by atoms with van der Waals surface area (Å²) in [4.78, 5) is 25.4. The first-order valence-electron chi connectivity index (χ1n) is 10.8. The van der Waals surface area contributed by atoms with Crippen LogP contribution in [0.4, 0.5) is 5.82 Å². The Morgan fingerprint density at radius 3 is 2.68 bits per heavy atom. The van der Waals surface area contributed by atoms with Crippen LogP contribution in [-0.2, 0) is 33.0 Å². The predicted molar refractivity (Wildman–Crippen MR) is 122 cm³/mol. The van der Waals surface area contributed by atoms with E-state index in [2.05, 4.69) is 36.5 Å². The van der Waals surface area contributed by atoms with Gasteiger partial charge in [-0.1, -0.05) is 32.9 Å². The molecular formula is C23H30N4O3S. The number of nitrogens with one attached hydrogen (secondary N) is 2. The van der Waals surface area contributed by atoms with E-state index in [0.717, 1.165) is 42.2 Å². The van der Waals surface area contributed by atoms with Crippen molar-refractivity contribution >= 4 is 29.4 Å². The smallest absolute Gasteiger partial charge is 0.256 e. The monoisotopic (exact) mass is 442 g/mol. The lowest BCUT2D eigenvalue weighted by Crippen LogP contribution is -2.34. The normalized spacial score (nSPS) is 18.1. The molecule has 1 atom stereocenters. The van der Waals surface area contributed by atoms with Crippen LogP contribution in [0.3, 0.4) is 0 Å². The van der Waals surface area contributed by atoms with Gasteiger partial charge < -0.3 is 15.4 Å². The van der Waals surface area contributed by atoms with Crippen molar-refractivity contribution < 1.29 is 14.3 Å². The maximum Gasteiger partial charge on any atom is 0.256 e. The topological polar surface area (TPSA) is 85.2 Å². The van der Waals surface area contributed by atoms with Gasteiger partial charge in [0.05, 0.1) is 11.8 Å². The first-order chi connectivity index (χ1) is 14.8. The summed E-state index contributed by atoms with van der Waals surface area (Å²) in [5, 5.41) is 10.5. The Balaban J connectivity index is 1.46. The summed E-state index contributed by atoms with van der Waals surface area (Å²) in [6.07, 6.45) is 2.11. The zero-order valence-electron chi connectivity index (χ0n) is 18.4. The molecule has 1 aromatic heterocycles. The van der Waals surface area contributed by atoms with Crippen molar-refractivity contribution in [1.29, 1.82) is 0 Å². The van der Waals surface area contributed by atoms with Crippen molar-refractivity contribution in [2.45, 2.75) is 63.2 Å². The van der Waals surface area contributed by atoms with Crippen LogP contribution < -0.4 is 10.6 Å². The van der Waals surface area contributed by atoms with E-state index >= 15 is 0 Å². The highest BCUT2D eigenvalue weighted by atomic mass is 32.2. The van der Waals surface area contributed by atoms with E-state index in [0.29, 0.717) is 17.9 Å². The number of ether oxygens (including phenoxy) is 1. The van der Waals surface area contributed by atoms with Gasteiger partial charge in [-0.25, -0.2) is 4.68 Å². The SMILES string of the molecule is CC(C)(C)c1ccc(C(=O)Nc2c3c(nn2CC(=O)NC[C@@H]2CCCO2)CSC3)cc1. The number of carbonyl (C=O) groups excluding carboxylic acids is 2. The second-order valence-electron chi connectivity index (χ2n) is 9.14. The molecule has 0 radical (unpaired) electrons. The summed E-state index contributed by atoms with van der Waals surface area (Å²) in [6, 6.07) is 7.68. The number of carbonyl (C=O) groups is 2. The zero-order valence-corrected chi connectivity index (χ0v) is 19.2. The van der Waals surface area contributed by atoms with Gasteiger partial charge in [-0.3, -0.25) is 9.59 Å². The first-order valence-corrected chi connectivity index (χ1v) is 11.9. The van der Waals surface area contributed by atoms with Crippen molar-refractivity contribution in [2.24, 2.45) is 0 Å². The van der Waals surface area contributed by atoms with Crippen LogP contribution in [0.5, 0.6) is 0 Å². The maximum absolute atomic E-state index is 12.9. The molecule has 2 aromatic rings. The third kappa shape index (κ3) is 5.13. The average molecular weight is 443 g/mol. The largest absolute Gasteiger partial charge is 0.376 e. The number of hydrogen-bond acceptors (Lipinski definition) is 5. The maximum atomic E-state index is 12.9. The molecule has 7 nitrogen and oxygen atoms in total. The molecule has 0 bridgehead atoms. The molecule has 1 saturated heterocycles. The van der Waals surface area contributed by atoms with Crippen LogP contribution in [0, 0.1) is 0 Å². The third-order valence-corrected chi connectivity index (χ3v) is 6.68. The van der Waals surface area contributed by atoms with Gasteiger partial charge in [0.1, 0.15) is 12.4 Å². The first kappa shape index (κ1) is 21.9. The van der Waals surface area contributed by atoms with E-state index in [1.54, 1.807) is 16.4 Å². The summed E-state index contributed by atoms with van der Waals surface area (Å²) in [5.74, 6) is 1.88. The van der Waals surface area contributed by atoms with E-state index in [9.17, 15) is 9.59 Å². The molecule has 0 spiro atoms. The van der Waals surface area contributed by atoms with Gasteiger partial charge in [0, 0.05) is 35.8 Å². The molecule has 2 aliphatic heterocycles. The molecule has 2 amide bonds. The molecule has 31 heavy (non-hydrogen) atoms. The number of hydrogen-bond donors (Lipinski definition) is 2. The van der Waals surface area contributed by atoms with Crippen LogP contribution in [0.15, 0.2) is 24.3 Å². The average Bonchev–Trinajstić information content (AvgIpc) is 3.46. The fourth-order valence-electron chi connectivity index (χ4n) is 3.85. The van der Waals surface area contributed by atoms with Crippen molar-refractivity contribution in [3.8, 4) is 0 Å². The van der Waals surface area contributed by atoms with Crippen LogP contribution in [-0.4, -0.2) is 40.9 Å². The number of anilines is 1. The lowest BCUT2D eigenvalue weighted by atomic mass is 9.87. The van der Waals surface area contributed by atoms with E-state index in [1.807, 2.05) is 24.3 Å². The summed E-state index contributed by atoms with van der Waals surface area (Å²) in [6.45, 7) is 7.78. The second-order valence-corrected chi connectivity index (χ2v) is 10.1. The Bertz CT molecular complexity index is 956. The Hall–Kier alpha value is -2.32. The zero-order chi connectivity index (χ0) is 22.0. The highest BCUT2D eigenvalue weighted by Gasteiger charge is 2.26. The number of nitrogens with zero attached hydrogens (tertiary/aromatic N) is 2. The molecule has 0 unspecified atom stereocenters. The van der Waals surface area contributed by atoms with Gasteiger partial charge in [0.2, 0.25) is 5.91 Å². The number of amides is 2. The quantitative estimate of drug-likeness (QED) is 0.716. The van der Waals surface area contributed by atoms with Crippen molar-refractivity contribution in [2.75, 3.05) is 18.5 Å². The van der Waals surface area contributed by atoms with Gasteiger partial charge in [-0.2, -0.15) is 16.9 Å².